The number of imidazole rings is 2. The van der Waals surface area contributed by atoms with Gasteiger partial charge in [0.2, 0.25) is 11.8 Å². The number of hydrogen-bond acceptors (Lipinski definition) is 12. The molecule has 0 saturated carbocycles. The molecule has 18 nitrogen and oxygen atoms in total. The first-order chi connectivity index (χ1) is 30.8. The minimum absolute atomic E-state index is 0. The highest BCUT2D eigenvalue weighted by atomic mass is 35.5. The molecule has 0 aliphatic carbocycles. The van der Waals surface area contributed by atoms with E-state index in [1.165, 1.54) is 0 Å². The van der Waals surface area contributed by atoms with Gasteiger partial charge in [-0.2, -0.15) is 23.1 Å². The highest BCUT2D eigenvalue weighted by molar-refractivity contribution is 6.40. The molecule has 8 rings (SSSR count). The SMILES string of the molecule is C.C.CC(C)(C)OC(=O)N1C/C=C/COc2cc3c([nH]c(=O)n3Cc3cccc1c3)c(N)n2.ClCCl.Nc1nc2cc3c1[nH]c(=O)n3Cc1cccc(c1)NC/C=C/CO2.O=C(O)C(F)(F)F. The van der Waals surface area contributed by atoms with Crippen LogP contribution in [0.25, 0.3) is 22.1 Å². The predicted octanol–water partition coefficient (Wildman–Crippen LogP) is 8.09. The zero-order valence-electron chi connectivity index (χ0n) is 35.1. The first-order valence-electron chi connectivity index (χ1n) is 19.5. The van der Waals surface area contributed by atoms with Crippen molar-refractivity contribution in [1.29, 1.82) is 0 Å². The number of carbonyl (C=O) groups excluding carboxylic acids is 1. The molecule has 2 aliphatic rings. The van der Waals surface area contributed by atoms with Gasteiger partial charge in [-0.1, -0.05) is 51.3 Å². The molecule has 362 valence electrons. The fraction of sp³-hybridized carbons (Fsp3) is 0.318. The van der Waals surface area contributed by atoms with Gasteiger partial charge in [0.05, 0.1) is 29.5 Å². The van der Waals surface area contributed by atoms with Crippen LogP contribution in [0.1, 0.15) is 46.8 Å². The van der Waals surface area contributed by atoms with Gasteiger partial charge in [-0.15, -0.1) is 23.2 Å². The molecule has 0 unspecified atom stereocenters. The lowest BCUT2D eigenvalue weighted by molar-refractivity contribution is -0.192. The number of carboxylic acids is 1. The average Bonchev–Trinajstić information content (AvgIpc) is 3.71. The van der Waals surface area contributed by atoms with Crippen LogP contribution in [0.5, 0.6) is 11.8 Å². The standard InChI is InChI=1S/C22H25N5O4.C17H17N5O2.C2HF3O2.CH2Cl2.2CH4/c1-22(2,3)31-21(29)26-9-4-5-10-30-17-12-16-18(19(23)24-17)25-20(28)27(16)13-14-7-6-8-15(26)11-14;18-16-15-13-9-14(20-16)24-7-2-1-6-19-12-5-3-4-11(8-12)10-22(13)17(23)21-15;3-2(4,5)1(6)7;2-1-3;;/h4-8,11-12H,9-10,13H2,1-3H3,(H2,23,24)(H,25,28);1-5,8-9,19H,6-7,10H2,(H2,18,20)(H,21,23);(H,6,7);1H2;2*1H4/b5-4+;2-1+;;;;. The van der Waals surface area contributed by atoms with Crippen molar-refractivity contribution in [1.82, 2.24) is 29.1 Å². The molecular formula is C44H53Cl2F3N10O8. The summed E-state index contributed by atoms with van der Waals surface area (Å²) in [4.78, 5) is 62.2. The molecule has 2 aromatic carbocycles. The quantitative estimate of drug-likeness (QED) is 0.0623. The summed E-state index contributed by atoms with van der Waals surface area (Å²) in [5.41, 5.74) is 16.7. The van der Waals surface area contributed by atoms with Gasteiger partial charge in [0, 0.05) is 36.6 Å². The number of benzene rings is 2. The predicted molar refractivity (Wildman–Crippen MR) is 256 cm³/mol. The second kappa shape index (κ2) is 23.9. The van der Waals surface area contributed by atoms with Crippen LogP contribution in [0.3, 0.4) is 0 Å². The molecule has 6 heterocycles. The Balaban J connectivity index is 0.000000294. The van der Waals surface area contributed by atoms with Gasteiger partial charge < -0.3 is 46.1 Å². The van der Waals surface area contributed by atoms with Gasteiger partial charge in [-0.3, -0.25) is 14.0 Å². The maximum atomic E-state index is 12.9. The summed E-state index contributed by atoms with van der Waals surface area (Å²) in [5.74, 6) is -1.59. The van der Waals surface area contributed by atoms with E-state index in [0.29, 0.717) is 65.8 Å². The minimum atomic E-state index is -5.08. The van der Waals surface area contributed by atoms with E-state index in [9.17, 15) is 27.6 Å². The molecule has 2 aliphatic heterocycles. The van der Waals surface area contributed by atoms with Gasteiger partial charge >= 0.3 is 29.6 Å². The van der Waals surface area contributed by atoms with Crippen molar-refractivity contribution in [3.8, 4) is 11.8 Å². The van der Waals surface area contributed by atoms with Gasteiger partial charge in [0.25, 0.3) is 0 Å². The Kier molecular flexibility index (Phi) is 19.3. The van der Waals surface area contributed by atoms with Crippen LogP contribution in [0.2, 0.25) is 0 Å². The summed E-state index contributed by atoms with van der Waals surface area (Å²) in [5, 5.41) is 10.6. The number of nitrogens with two attached hydrogens (primary N) is 2. The molecule has 8 N–H and O–H groups in total. The number of nitrogens with one attached hydrogen (secondary N) is 3. The Hall–Kier alpha value is -7.13. The number of halogens is 5. The highest BCUT2D eigenvalue weighted by Gasteiger charge is 2.38. The number of fused-ring (bicyclic) bond motifs is 6. The van der Waals surface area contributed by atoms with E-state index in [2.05, 4.69) is 25.3 Å². The van der Waals surface area contributed by atoms with Gasteiger partial charge in [-0.05, 0) is 68.3 Å². The van der Waals surface area contributed by atoms with Crippen molar-refractivity contribution in [3.63, 3.8) is 0 Å². The molecule has 67 heavy (non-hydrogen) atoms. The number of anilines is 4. The number of nitrogens with zero attached hydrogens (tertiary/aromatic N) is 5. The zero-order chi connectivity index (χ0) is 47.5. The van der Waals surface area contributed by atoms with Crippen molar-refractivity contribution in [3.05, 3.63) is 117 Å². The number of alkyl halides is 5. The number of rotatable bonds is 0. The van der Waals surface area contributed by atoms with E-state index < -0.39 is 23.8 Å². The number of amides is 1. The summed E-state index contributed by atoms with van der Waals surface area (Å²) < 4.78 is 51.8. The van der Waals surface area contributed by atoms with Crippen molar-refractivity contribution in [2.75, 3.05) is 53.3 Å². The van der Waals surface area contributed by atoms with E-state index in [1.807, 2.05) is 87.5 Å². The Morgan fingerprint density at radius 2 is 1.27 bits per heavy atom. The molecule has 23 heteroatoms. The number of aromatic amines is 2. The topological polar surface area (TPSA) is 251 Å². The Labute approximate surface area is 392 Å². The van der Waals surface area contributed by atoms with Crippen LogP contribution >= 0.6 is 23.2 Å². The number of hydrogen-bond donors (Lipinski definition) is 6. The van der Waals surface area contributed by atoms with E-state index >= 15 is 0 Å². The van der Waals surface area contributed by atoms with Crippen LogP contribution in [0, 0.1) is 0 Å². The third kappa shape index (κ3) is 14.9. The summed E-state index contributed by atoms with van der Waals surface area (Å²) in [6, 6.07) is 18.9. The minimum Gasteiger partial charge on any atom is -0.475 e. The molecule has 6 aromatic rings. The number of ether oxygens (including phenoxy) is 3. The molecule has 8 bridgehead atoms. The molecule has 0 radical (unpaired) electrons. The lowest BCUT2D eigenvalue weighted by atomic mass is 10.1. The van der Waals surface area contributed by atoms with Crippen LogP contribution in [0.4, 0.5) is 41.0 Å². The second-order valence-corrected chi connectivity index (χ2v) is 15.6. The summed E-state index contributed by atoms with van der Waals surface area (Å²) in [6.45, 7) is 7.80. The maximum absolute atomic E-state index is 12.9. The number of carbonyl (C=O) groups is 2. The fourth-order valence-electron chi connectivity index (χ4n) is 6.18. The molecule has 0 atom stereocenters. The second-order valence-electron chi connectivity index (χ2n) is 14.8. The number of aromatic nitrogens is 6. The molecule has 4 aromatic heterocycles. The Morgan fingerprint density at radius 3 is 1.76 bits per heavy atom. The highest BCUT2D eigenvalue weighted by Crippen LogP contribution is 2.26. The number of pyridine rings is 2. The summed E-state index contributed by atoms with van der Waals surface area (Å²) >= 11 is 9.53. The summed E-state index contributed by atoms with van der Waals surface area (Å²) in [7, 11) is 0. The number of H-pyrrole nitrogens is 2. The van der Waals surface area contributed by atoms with Crippen molar-refractivity contribution >= 4 is 80.3 Å². The van der Waals surface area contributed by atoms with E-state index in [-0.39, 0.29) is 56.4 Å². The van der Waals surface area contributed by atoms with Crippen LogP contribution in [0.15, 0.2) is 94.6 Å². The molecule has 0 saturated heterocycles. The molecule has 0 spiro atoms. The number of nitrogen functional groups attached to an aromatic ring is 2. The number of carboxylic acid groups (broad SMARTS) is 1. The monoisotopic (exact) mass is 976 g/mol. The Morgan fingerprint density at radius 1 is 0.791 bits per heavy atom. The van der Waals surface area contributed by atoms with Crippen LogP contribution < -0.4 is 42.5 Å². The molecule has 0 fully saturated rings. The van der Waals surface area contributed by atoms with Gasteiger partial charge in [0.15, 0.2) is 11.6 Å². The van der Waals surface area contributed by atoms with Gasteiger partial charge in [-0.25, -0.2) is 19.2 Å². The smallest absolute Gasteiger partial charge is 0.475 e. The third-order valence-electron chi connectivity index (χ3n) is 8.93. The molecule has 1 amide bonds. The Bertz CT molecular complexity index is 2820. The fourth-order valence-corrected chi connectivity index (χ4v) is 6.18. The van der Waals surface area contributed by atoms with Crippen LogP contribution in [-0.2, 0) is 22.6 Å². The summed E-state index contributed by atoms with van der Waals surface area (Å²) in [6.07, 6.45) is 1.99. The molecular weight excluding hydrogens is 924 g/mol. The van der Waals surface area contributed by atoms with Crippen molar-refractivity contribution in [2.45, 2.75) is 60.5 Å². The first kappa shape index (κ1) is 54.2. The lowest BCUT2D eigenvalue weighted by Gasteiger charge is -2.27. The van der Waals surface area contributed by atoms with Gasteiger partial charge in [0.1, 0.15) is 29.8 Å². The number of aliphatic carboxylic acids is 1. The first-order valence-corrected chi connectivity index (χ1v) is 20.5. The lowest BCUT2D eigenvalue weighted by Crippen LogP contribution is -2.37. The maximum Gasteiger partial charge on any atom is 0.490 e. The van der Waals surface area contributed by atoms with Crippen molar-refractivity contribution < 1.29 is 42.1 Å². The van der Waals surface area contributed by atoms with Crippen molar-refractivity contribution in [2.24, 2.45) is 0 Å². The third-order valence-corrected chi connectivity index (χ3v) is 8.93. The largest absolute Gasteiger partial charge is 0.490 e. The normalized spacial score (nSPS) is 14.1. The van der Waals surface area contributed by atoms with E-state index in [0.717, 1.165) is 16.8 Å². The van der Waals surface area contributed by atoms with E-state index in [4.69, 9.17) is 58.8 Å². The van der Waals surface area contributed by atoms with E-state index in [1.54, 1.807) is 32.2 Å². The van der Waals surface area contributed by atoms with Crippen LogP contribution in [-0.4, -0.2) is 89.7 Å². The average molecular weight is 978 g/mol. The zero-order valence-corrected chi connectivity index (χ0v) is 36.6.